The van der Waals surface area contributed by atoms with Crippen molar-refractivity contribution in [2.75, 3.05) is 24.9 Å². The fraction of sp³-hybridized carbons (Fsp3) is 0.125. The average molecular weight is 478 g/mol. The van der Waals surface area contributed by atoms with Crippen LogP contribution in [0.3, 0.4) is 0 Å². The van der Waals surface area contributed by atoms with Gasteiger partial charge in [0.15, 0.2) is 11.5 Å². The van der Waals surface area contributed by atoms with E-state index in [2.05, 4.69) is 10.2 Å². The molecule has 0 atom stereocenters. The molecule has 0 saturated heterocycles. The number of thioether (sulfide) groups is 1. The lowest BCUT2D eigenvalue weighted by Gasteiger charge is -2.30. The van der Waals surface area contributed by atoms with Crippen molar-refractivity contribution in [1.29, 1.82) is 0 Å². The number of anilines is 2. The molecule has 0 bridgehead atoms. The lowest BCUT2D eigenvalue weighted by molar-refractivity contribution is -0.115. The highest BCUT2D eigenvalue weighted by Gasteiger charge is 2.28. The largest absolute Gasteiger partial charge is 0.493 e. The summed E-state index contributed by atoms with van der Waals surface area (Å²) in [6.07, 6.45) is 0. The Morgan fingerprint density at radius 3 is 2.27 bits per heavy atom. The van der Waals surface area contributed by atoms with Gasteiger partial charge in [-0.15, -0.1) is 10.2 Å². The van der Waals surface area contributed by atoms with Crippen LogP contribution in [0.1, 0.15) is 0 Å². The fourth-order valence-electron chi connectivity index (χ4n) is 3.52. The number of fused-ring (bicyclic) bond motifs is 2. The van der Waals surface area contributed by atoms with Gasteiger partial charge in [-0.2, -0.15) is 0 Å². The van der Waals surface area contributed by atoms with E-state index in [9.17, 15) is 4.79 Å². The zero-order chi connectivity index (χ0) is 22.8. The summed E-state index contributed by atoms with van der Waals surface area (Å²) < 4.78 is 16.4. The molecule has 9 heteroatoms. The summed E-state index contributed by atoms with van der Waals surface area (Å²) in [5.41, 5.74) is 2.46. The van der Waals surface area contributed by atoms with E-state index in [4.69, 9.17) is 13.9 Å². The number of hydrogen-bond acceptors (Lipinski definition) is 8. The first-order valence-electron chi connectivity index (χ1n) is 10.1. The van der Waals surface area contributed by atoms with Gasteiger partial charge in [-0.25, -0.2) is 0 Å². The van der Waals surface area contributed by atoms with Crippen molar-refractivity contribution in [1.82, 2.24) is 10.2 Å². The first kappa shape index (κ1) is 21.4. The number of carbonyl (C=O) groups excluding carboxylic acids is 1. The number of amides is 1. The fourth-order valence-corrected chi connectivity index (χ4v) is 5.19. The first-order valence-corrected chi connectivity index (χ1v) is 11.9. The Hall–Kier alpha value is -3.43. The van der Waals surface area contributed by atoms with E-state index in [1.807, 2.05) is 54.6 Å². The third kappa shape index (κ3) is 4.17. The summed E-state index contributed by atoms with van der Waals surface area (Å²) in [6.45, 7) is 0. The average Bonchev–Trinajstić information content (AvgIpc) is 3.34. The molecule has 4 aromatic rings. The zero-order valence-corrected chi connectivity index (χ0v) is 19.5. The number of carbonyl (C=O) groups is 1. The molecule has 1 aliphatic rings. The van der Waals surface area contributed by atoms with Crippen molar-refractivity contribution in [2.45, 2.75) is 15.0 Å². The van der Waals surface area contributed by atoms with Gasteiger partial charge in [0.05, 0.1) is 31.3 Å². The van der Waals surface area contributed by atoms with Crippen LogP contribution in [0.5, 0.6) is 11.5 Å². The lowest BCUT2D eigenvalue weighted by Crippen LogP contribution is -2.29. The highest BCUT2D eigenvalue weighted by atomic mass is 32.2. The minimum absolute atomic E-state index is 0.0638. The van der Waals surface area contributed by atoms with E-state index in [-0.39, 0.29) is 11.7 Å². The molecule has 7 nitrogen and oxygen atoms in total. The van der Waals surface area contributed by atoms with Crippen molar-refractivity contribution in [3.63, 3.8) is 0 Å². The maximum atomic E-state index is 13.3. The van der Waals surface area contributed by atoms with Gasteiger partial charge in [0.2, 0.25) is 11.8 Å². The quantitative estimate of drug-likeness (QED) is 0.329. The molecule has 1 aliphatic heterocycles. The van der Waals surface area contributed by atoms with Gasteiger partial charge >= 0.3 is 0 Å². The molecule has 1 aromatic heterocycles. The van der Waals surface area contributed by atoms with E-state index < -0.39 is 0 Å². The number of methoxy groups -OCH3 is 2. The number of nitrogens with zero attached hydrogens (tertiary/aromatic N) is 3. The van der Waals surface area contributed by atoms with E-state index >= 15 is 0 Å². The highest BCUT2D eigenvalue weighted by molar-refractivity contribution is 8.00. The summed E-state index contributed by atoms with van der Waals surface area (Å²) >= 11 is 2.87. The van der Waals surface area contributed by atoms with Crippen LogP contribution in [0.2, 0.25) is 0 Å². The third-order valence-corrected chi connectivity index (χ3v) is 6.97. The molecular formula is C24H19N3O4S2. The van der Waals surface area contributed by atoms with Gasteiger partial charge in [0, 0.05) is 15.4 Å². The zero-order valence-electron chi connectivity index (χ0n) is 17.8. The van der Waals surface area contributed by atoms with E-state index in [0.717, 1.165) is 21.2 Å². The van der Waals surface area contributed by atoms with Crippen molar-refractivity contribution in [2.24, 2.45) is 0 Å². The molecule has 0 fully saturated rings. The van der Waals surface area contributed by atoms with E-state index in [1.165, 1.54) is 11.8 Å². The molecule has 33 heavy (non-hydrogen) atoms. The monoisotopic (exact) mass is 477 g/mol. The maximum Gasteiger partial charge on any atom is 0.277 e. The summed E-state index contributed by atoms with van der Waals surface area (Å²) in [7, 11) is 3.14. The predicted octanol–water partition coefficient (Wildman–Crippen LogP) is 5.68. The van der Waals surface area contributed by atoms with E-state index in [0.29, 0.717) is 28.2 Å². The van der Waals surface area contributed by atoms with Crippen LogP contribution in [0, 0.1) is 0 Å². The van der Waals surface area contributed by atoms with Crippen molar-refractivity contribution in [3.05, 3.63) is 66.7 Å². The molecule has 166 valence electrons. The number of aromatic nitrogens is 2. The van der Waals surface area contributed by atoms with Crippen LogP contribution in [0.15, 0.2) is 86.2 Å². The second-order valence-electron chi connectivity index (χ2n) is 7.00. The molecular weight excluding hydrogens is 458 g/mol. The molecule has 0 radical (unpaired) electrons. The van der Waals surface area contributed by atoms with Crippen molar-refractivity contribution >= 4 is 40.8 Å². The molecule has 0 spiro atoms. The third-order valence-electron chi connectivity index (χ3n) is 5.04. The van der Waals surface area contributed by atoms with Gasteiger partial charge in [0.1, 0.15) is 0 Å². The first-order chi connectivity index (χ1) is 16.2. The highest BCUT2D eigenvalue weighted by Crippen LogP contribution is 2.48. The number of rotatable bonds is 6. The van der Waals surface area contributed by atoms with Gasteiger partial charge in [-0.1, -0.05) is 47.8 Å². The molecule has 0 N–H and O–H groups in total. The number of ether oxygens (including phenoxy) is 2. The molecule has 5 rings (SSSR count). The molecule has 1 amide bonds. The summed E-state index contributed by atoms with van der Waals surface area (Å²) in [5.74, 6) is 1.61. The molecule has 0 aliphatic carbocycles. The standard InChI is InChI=1S/C24H19N3O4S2/c1-29-18-12-11-15(13-19(18)30-2)23-25-26-24(31-23)32-14-22(28)27-16-7-3-5-9-20(16)33-21-10-6-4-8-17(21)27/h3-13H,14H2,1-2H3. The Bertz CT molecular complexity index is 1280. The van der Waals surface area contributed by atoms with Crippen molar-refractivity contribution in [3.8, 4) is 23.0 Å². The second-order valence-corrected chi connectivity index (χ2v) is 9.01. The van der Waals surface area contributed by atoms with Gasteiger partial charge in [-0.3, -0.25) is 9.69 Å². The number of para-hydroxylation sites is 2. The Balaban J connectivity index is 1.35. The van der Waals surface area contributed by atoms with Gasteiger partial charge in [0.25, 0.3) is 5.22 Å². The van der Waals surface area contributed by atoms with Crippen LogP contribution >= 0.6 is 23.5 Å². The minimum Gasteiger partial charge on any atom is -0.493 e. The van der Waals surface area contributed by atoms with Gasteiger partial charge < -0.3 is 13.9 Å². The summed E-state index contributed by atoms with van der Waals surface area (Å²) in [5, 5.41) is 8.53. The summed E-state index contributed by atoms with van der Waals surface area (Å²) in [6, 6.07) is 21.2. The Kier molecular flexibility index (Phi) is 5.97. The Morgan fingerprint density at radius 2 is 1.61 bits per heavy atom. The summed E-state index contributed by atoms with van der Waals surface area (Å²) in [4.78, 5) is 17.2. The molecule has 0 saturated carbocycles. The molecule has 2 heterocycles. The maximum absolute atomic E-state index is 13.3. The van der Waals surface area contributed by atoms with Crippen LogP contribution in [-0.2, 0) is 4.79 Å². The van der Waals surface area contributed by atoms with E-state index in [1.54, 1.807) is 43.0 Å². The Morgan fingerprint density at radius 1 is 0.939 bits per heavy atom. The smallest absolute Gasteiger partial charge is 0.277 e. The second kappa shape index (κ2) is 9.21. The molecule has 0 unspecified atom stereocenters. The SMILES string of the molecule is COc1ccc(-c2nnc(SCC(=O)N3c4ccccc4Sc4ccccc43)o2)cc1OC. The lowest BCUT2D eigenvalue weighted by atomic mass is 10.2. The topological polar surface area (TPSA) is 77.7 Å². The van der Waals surface area contributed by atoms with Crippen LogP contribution in [0.4, 0.5) is 11.4 Å². The van der Waals surface area contributed by atoms with Crippen LogP contribution in [-0.4, -0.2) is 36.1 Å². The van der Waals surface area contributed by atoms with Crippen LogP contribution < -0.4 is 14.4 Å². The van der Waals surface area contributed by atoms with Crippen LogP contribution in [0.25, 0.3) is 11.5 Å². The number of hydrogen-bond donors (Lipinski definition) is 0. The Labute approximate surface area is 199 Å². The van der Waals surface area contributed by atoms with Crippen molar-refractivity contribution < 1.29 is 18.7 Å². The minimum atomic E-state index is -0.0638. The van der Waals surface area contributed by atoms with Gasteiger partial charge in [-0.05, 0) is 42.5 Å². The normalized spacial score (nSPS) is 12.1. The molecule has 3 aromatic carbocycles. The number of benzene rings is 3. The predicted molar refractivity (Wildman–Crippen MR) is 128 cm³/mol.